The van der Waals surface area contributed by atoms with E-state index < -0.39 is 0 Å². The molecule has 166 valence electrons. The number of carbonyl (C=O) groups excluding carboxylic acids is 2. The van der Waals surface area contributed by atoms with Gasteiger partial charge in [0.15, 0.2) is 18.1 Å². The van der Waals surface area contributed by atoms with E-state index >= 15 is 0 Å². The number of para-hydroxylation sites is 2. The zero-order valence-electron chi connectivity index (χ0n) is 18.1. The van der Waals surface area contributed by atoms with Gasteiger partial charge < -0.3 is 24.4 Å². The van der Waals surface area contributed by atoms with Gasteiger partial charge in [-0.05, 0) is 63.1 Å². The van der Waals surface area contributed by atoms with Crippen molar-refractivity contribution in [3.8, 4) is 17.2 Å². The Hall–Kier alpha value is -3.22. The summed E-state index contributed by atoms with van der Waals surface area (Å²) in [6, 6.07) is 14.5. The van der Waals surface area contributed by atoms with E-state index in [0.29, 0.717) is 56.2 Å². The molecule has 0 atom stereocenters. The molecule has 1 aliphatic rings. The second kappa shape index (κ2) is 11.2. The van der Waals surface area contributed by atoms with Gasteiger partial charge in [-0.2, -0.15) is 0 Å². The second-order valence-electron chi connectivity index (χ2n) is 7.26. The third kappa shape index (κ3) is 6.38. The molecule has 2 aromatic carbocycles. The van der Waals surface area contributed by atoms with Crippen LogP contribution in [0.4, 0.5) is 0 Å². The minimum absolute atomic E-state index is 0.00342. The highest BCUT2D eigenvalue weighted by Crippen LogP contribution is 2.26. The molecule has 3 rings (SSSR count). The van der Waals surface area contributed by atoms with Crippen LogP contribution in [0, 0.1) is 0 Å². The maximum Gasteiger partial charge on any atom is 0.258 e. The zero-order valence-corrected chi connectivity index (χ0v) is 18.1. The Labute approximate surface area is 183 Å². The summed E-state index contributed by atoms with van der Waals surface area (Å²) in [5, 5.41) is 3.00. The Morgan fingerprint density at radius 1 is 0.903 bits per heavy atom. The quantitative estimate of drug-likeness (QED) is 0.666. The van der Waals surface area contributed by atoms with Gasteiger partial charge in [0.25, 0.3) is 11.8 Å². The maximum absolute atomic E-state index is 12.7. The number of nitrogens with zero attached hydrogens (tertiary/aromatic N) is 1. The van der Waals surface area contributed by atoms with Gasteiger partial charge in [0, 0.05) is 24.7 Å². The fourth-order valence-corrected chi connectivity index (χ4v) is 3.53. The van der Waals surface area contributed by atoms with E-state index in [1.165, 1.54) is 0 Å². The predicted octanol–water partition coefficient (Wildman–Crippen LogP) is 3.28. The highest BCUT2D eigenvalue weighted by Gasteiger charge is 2.24. The Kier molecular flexibility index (Phi) is 8.15. The molecule has 1 N–H and O–H groups in total. The fraction of sp³-hybridized carbons (Fsp3) is 0.417. The summed E-state index contributed by atoms with van der Waals surface area (Å²) in [4.78, 5) is 26.8. The number of nitrogens with one attached hydrogen (secondary N) is 1. The van der Waals surface area contributed by atoms with E-state index in [4.69, 9.17) is 14.2 Å². The largest absolute Gasteiger partial charge is 0.494 e. The van der Waals surface area contributed by atoms with Gasteiger partial charge in [-0.3, -0.25) is 9.59 Å². The van der Waals surface area contributed by atoms with Gasteiger partial charge in [-0.15, -0.1) is 0 Å². The topological polar surface area (TPSA) is 77.1 Å². The van der Waals surface area contributed by atoms with Gasteiger partial charge >= 0.3 is 0 Å². The minimum atomic E-state index is -0.178. The van der Waals surface area contributed by atoms with Crippen molar-refractivity contribution < 1.29 is 23.8 Å². The van der Waals surface area contributed by atoms with Crippen LogP contribution in [0.3, 0.4) is 0 Å². The third-order valence-electron chi connectivity index (χ3n) is 5.07. The van der Waals surface area contributed by atoms with E-state index in [1.807, 2.05) is 49.1 Å². The average molecular weight is 427 g/mol. The van der Waals surface area contributed by atoms with Crippen molar-refractivity contribution in [2.24, 2.45) is 0 Å². The molecular weight excluding hydrogens is 396 g/mol. The molecule has 0 aromatic heterocycles. The number of likely N-dealkylation sites (tertiary alicyclic amines) is 1. The lowest BCUT2D eigenvalue weighted by Gasteiger charge is -2.32. The van der Waals surface area contributed by atoms with Crippen LogP contribution >= 0.6 is 0 Å². The molecule has 0 unspecified atom stereocenters. The van der Waals surface area contributed by atoms with E-state index in [-0.39, 0.29) is 24.5 Å². The first-order valence-electron chi connectivity index (χ1n) is 10.8. The second-order valence-corrected chi connectivity index (χ2v) is 7.26. The summed E-state index contributed by atoms with van der Waals surface area (Å²) >= 11 is 0. The van der Waals surface area contributed by atoms with Crippen LogP contribution in [0.5, 0.6) is 17.2 Å². The van der Waals surface area contributed by atoms with Gasteiger partial charge in [0.1, 0.15) is 5.75 Å². The molecule has 0 radical (unpaired) electrons. The molecule has 31 heavy (non-hydrogen) atoms. The number of ether oxygens (including phenoxy) is 3. The number of hydrogen-bond acceptors (Lipinski definition) is 5. The maximum atomic E-state index is 12.7. The molecule has 0 bridgehead atoms. The van der Waals surface area contributed by atoms with Gasteiger partial charge in [0.2, 0.25) is 0 Å². The first-order chi connectivity index (χ1) is 15.1. The standard InChI is InChI=1S/C24H30N2O5/c1-3-29-20-11-9-18(10-12-20)24(28)26-15-13-19(14-16-26)25-23(27)17-31-22-8-6-5-7-21(22)30-4-2/h5-12,19H,3-4,13-17H2,1-2H3,(H,25,27). The third-order valence-corrected chi connectivity index (χ3v) is 5.07. The molecule has 1 fully saturated rings. The first kappa shape index (κ1) is 22.5. The van der Waals surface area contributed by atoms with Crippen molar-refractivity contribution >= 4 is 11.8 Å². The van der Waals surface area contributed by atoms with Gasteiger partial charge in [-0.25, -0.2) is 0 Å². The van der Waals surface area contributed by atoms with Crippen LogP contribution in [0.15, 0.2) is 48.5 Å². The van der Waals surface area contributed by atoms with Crippen LogP contribution in [-0.2, 0) is 4.79 Å². The molecule has 0 aliphatic carbocycles. The van der Waals surface area contributed by atoms with Crippen molar-refractivity contribution in [2.45, 2.75) is 32.7 Å². The Morgan fingerprint density at radius 3 is 2.13 bits per heavy atom. The summed E-state index contributed by atoms with van der Waals surface area (Å²) in [5.74, 6) is 1.76. The minimum Gasteiger partial charge on any atom is -0.494 e. The van der Waals surface area contributed by atoms with Crippen molar-refractivity contribution in [2.75, 3.05) is 32.9 Å². The van der Waals surface area contributed by atoms with E-state index in [9.17, 15) is 9.59 Å². The van der Waals surface area contributed by atoms with Crippen molar-refractivity contribution in [3.63, 3.8) is 0 Å². The number of rotatable bonds is 9. The molecule has 7 nitrogen and oxygen atoms in total. The smallest absolute Gasteiger partial charge is 0.258 e. The summed E-state index contributed by atoms with van der Waals surface area (Å²) in [6.45, 7) is 6.08. The van der Waals surface area contributed by atoms with E-state index in [2.05, 4.69) is 5.32 Å². The summed E-state index contributed by atoms with van der Waals surface area (Å²) < 4.78 is 16.6. The van der Waals surface area contributed by atoms with Crippen LogP contribution in [-0.4, -0.2) is 55.7 Å². The molecule has 0 saturated carbocycles. The molecule has 2 aromatic rings. The van der Waals surface area contributed by atoms with E-state index in [0.717, 1.165) is 5.75 Å². The monoisotopic (exact) mass is 426 g/mol. The molecule has 1 saturated heterocycles. The Balaban J connectivity index is 1.43. The zero-order chi connectivity index (χ0) is 22.1. The number of carbonyl (C=O) groups is 2. The lowest BCUT2D eigenvalue weighted by molar-refractivity contribution is -0.124. The number of piperidine rings is 1. The highest BCUT2D eigenvalue weighted by molar-refractivity contribution is 5.94. The van der Waals surface area contributed by atoms with Crippen molar-refractivity contribution in [1.82, 2.24) is 10.2 Å². The van der Waals surface area contributed by atoms with Crippen LogP contribution in [0.2, 0.25) is 0 Å². The number of amides is 2. The lowest BCUT2D eigenvalue weighted by Crippen LogP contribution is -2.47. The molecular formula is C24H30N2O5. The lowest BCUT2D eigenvalue weighted by atomic mass is 10.0. The molecule has 1 heterocycles. The van der Waals surface area contributed by atoms with Crippen LogP contribution in [0.25, 0.3) is 0 Å². The first-order valence-corrected chi connectivity index (χ1v) is 10.8. The molecule has 1 aliphatic heterocycles. The molecule has 2 amide bonds. The average Bonchev–Trinajstić information content (AvgIpc) is 2.79. The van der Waals surface area contributed by atoms with Gasteiger partial charge in [-0.1, -0.05) is 12.1 Å². The molecule has 7 heteroatoms. The predicted molar refractivity (Wildman–Crippen MR) is 118 cm³/mol. The Bertz CT molecular complexity index is 861. The van der Waals surface area contributed by atoms with Crippen LogP contribution < -0.4 is 19.5 Å². The fourth-order valence-electron chi connectivity index (χ4n) is 3.53. The normalized spacial score (nSPS) is 14.1. The SMILES string of the molecule is CCOc1ccc(C(=O)N2CCC(NC(=O)COc3ccccc3OCC)CC2)cc1. The van der Waals surface area contributed by atoms with Crippen molar-refractivity contribution in [3.05, 3.63) is 54.1 Å². The van der Waals surface area contributed by atoms with E-state index in [1.54, 1.807) is 18.2 Å². The molecule has 0 spiro atoms. The Morgan fingerprint density at radius 2 is 1.52 bits per heavy atom. The summed E-state index contributed by atoms with van der Waals surface area (Å²) in [7, 11) is 0. The number of hydrogen-bond donors (Lipinski definition) is 1. The van der Waals surface area contributed by atoms with Crippen LogP contribution in [0.1, 0.15) is 37.0 Å². The summed E-state index contributed by atoms with van der Waals surface area (Å²) in [5.41, 5.74) is 0.646. The van der Waals surface area contributed by atoms with Crippen molar-refractivity contribution in [1.29, 1.82) is 0 Å². The van der Waals surface area contributed by atoms with Gasteiger partial charge in [0.05, 0.1) is 13.2 Å². The summed E-state index contributed by atoms with van der Waals surface area (Å²) in [6.07, 6.45) is 1.42. The number of benzene rings is 2. The highest BCUT2D eigenvalue weighted by atomic mass is 16.5.